The van der Waals surface area contributed by atoms with Crippen LogP contribution in [0.4, 0.5) is 0 Å². The van der Waals surface area contributed by atoms with Crippen molar-refractivity contribution in [2.75, 3.05) is 27.9 Å². The Morgan fingerprint density at radius 1 is 0.758 bits per heavy atom. The summed E-state index contributed by atoms with van der Waals surface area (Å²) in [5, 5.41) is 0. The number of methoxy groups -OCH3 is 3. The molecule has 4 fully saturated rings. The minimum absolute atomic E-state index is 0.0278. The lowest BCUT2D eigenvalue weighted by atomic mass is 9.97. The van der Waals surface area contributed by atoms with Gasteiger partial charge in [-0.1, -0.05) is 0 Å². The predicted octanol–water partition coefficient (Wildman–Crippen LogP) is -0.562. The van der Waals surface area contributed by atoms with Crippen molar-refractivity contribution in [1.82, 2.24) is 0 Å². The van der Waals surface area contributed by atoms with Crippen LogP contribution in [-0.4, -0.2) is 107 Å². The standard InChI is InChI=1S/C20H30O13/c1-8(21)27-13-15(28-9(2)22)18-30-11-10(29-17(25-6)14(24-5)12(11)23-4)7-26-20(3)32-16(13)19(31-18)33-20/h10-19H,7H2,1-6H3/t10-,11-,12+,13-,14-,15+,16+,17+,18+,19+,20+/m1/s1. The molecule has 13 heteroatoms. The molecule has 0 aromatic heterocycles. The number of carbonyl (C=O) groups is 2. The largest absolute Gasteiger partial charge is 0.455 e. The first-order valence-corrected chi connectivity index (χ1v) is 10.6. The van der Waals surface area contributed by atoms with Gasteiger partial charge in [0.15, 0.2) is 30.9 Å². The van der Waals surface area contributed by atoms with Crippen molar-refractivity contribution in [3.8, 4) is 0 Å². The highest BCUT2D eigenvalue weighted by Gasteiger charge is 2.62. The third-order valence-electron chi connectivity index (χ3n) is 5.91. The van der Waals surface area contributed by atoms with Crippen LogP contribution in [0.15, 0.2) is 0 Å². The zero-order chi connectivity index (χ0) is 23.9. The highest BCUT2D eigenvalue weighted by Crippen LogP contribution is 2.42. The van der Waals surface area contributed by atoms with Crippen LogP contribution in [0.2, 0.25) is 0 Å². The summed E-state index contributed by atoms with van der Waals surface area (Å²) < 4.78 is 63.6. The van der Waals surface area contributed by atoms with Crippen LogP contribution in [-0.2, 0) is 61.7 Å². The number of fused-ring (bicyclic) bond motifs is 3. The lowest BCUT2D eigenvalue weighted by Gasteiger charge is -2.48. The van der Waals surface area contributed by atoms with Gasteiger partial charge in [0.2, 0.25) is 6.29 Å². The molecule has 4 aliphatic rings. The molecule has 33 heavy (non-hydrogen) atoms. The van der Waals surface area contributed by atoms with Gasteiger partial charge in [0.25, 0.3) is 5.97 Å². The van der Waals surface area contributed by atoms with E-state index in [1.54, 1.807) is 6.92 Å². The van der Waals surface area contributed by atoms with Crippen LogP contribution in [0.5, 0.6) is 0 Å². The maximum absolute atomic E-state index is 11.9. The normalized spacial score (nSPS) is 47.0. The Labute approximate surface area is 190 Å². The second-order valence-corrected chi connectivity index (χ2v) is 8.17. The van der Waals surface area contributed by atoms with Gasteiger partial charge in [-0.3, -0.25) is 14.3 Å². The Hall–Kier alpha value is -1.42. The molecule has 0 radical (unpaired) electrons. The molecule has 0 spiro atoms. The molecule has 0 unspecified atom stereocenters. The van der Waals surface area contributed by atoms with Gasteiger partial charge in [0, 0.05) is 42.1 Å². The second kappa shape index (κ2) is 9.68. The van der Waals surface area contributed by atoms with Crippen molar-refractivity contribution >= 4 is 11.9 Å². The molecule has 0 aromatic carbocycles. The fraction of sp³-hybridized carbons (Fsp3) is 0.900. The lowest BCUT2D eigenvalue weighted by Crippen LogP contribution is -2.65. The van der Waals surface area contributed by atoms with E-state index in [1.165, 1.54) is 35.2 Å². The van der Waals surface area contributed by atoms with Crippen LogP contribution in [0.25, 0.3) is 0 Å². The van der Waals surface area contributed by atoms with Crippen molar-refractivity contribution in [1.29, 1.82) is 0 Å². The summed E-state index contributed by atoms with van der Waals surface area (Å²) in [6.45, 7) is 3.98. The summed E-state index contributed by atoms with van der Waals surface area (Å²) in [7, 11) is 4.47. The number of esters is 2. The van der Waals surface area contributed by atoms with E-state index < -0.39 is 79.5 Å². The molecule has 13 nitrogen and oxygen atoms in total. The smallest absolute Gasteiger partial charge is 0.303 e. The molecule has 4 saturated heterocycles. The van der Waals surface area contributed by atoms with Crippen LogP contribution in [0, 0.1) is 0 Å². The summed E-state index contributed by atoms with van der Waals surface area (Å²) >= 11 is 0. The number of hydrogen-bond acceptors (Lipinski definition) is 13. The van der Waals surface area contributed by atoms with Crippen molar-refractivity contribution in [2.45, 2.75) is 88.3 Å². The summed E-state index contributed by atoms with van der Waals surface area (Å²) in [5.41, 5.74) is 0. The van der Waals surface area contributed by atoms with E-state index in [4.69, 9.17) is 52.1 Å². The van der Waals surface area contributed by atoms with Gasteiger partial charge in [-0.25, -0.2) is 0 Å². The molecular formula is C20H30O13. The highest BCUT2D eigenvalue weighted by atomic mass is 17.0. The molecule has 4 rings (SSSR count). The molecule has 0 saturated carbocycles. The summed E-state index contributed by atoms with van der Waals surface area (Å²) in [4.78, 5) is 23.8. The lowest BCUT2D eigenvalue weighted by molar-refractivity contribution is -0.401. The molecular weight excluding hydrogens is 448 g/mol. The first-order chi connectivity index (χ1) is 15.7. The fourth-order valence-electron chi connectivity index (χ4n) is 4.58. The zero-order valence-corrected chi connectivity index (χ0v) is 19.3. The van der Waals surface area contributed by atoms with Gasteiger partial charge in [-0.2, -0.15) is 0 Å². The molecule has 11 atom stereocenters. The van der Waals surface area contributed by atoms with E-state index in [9.17, 15) is 9.59 Å². The average molecular weight is 478 g/mol. The first kappa shape index (κ1) is 24.7. The van der Waals surface area contributed by atoms with Gasteiger partial charge in [0.05, 0.1) is 6.61 Å². The zero-order valence-electron chi connectivity index (χ0n) is 19.3. The van der Waals surface area contributed by atoms with Crippen molar-refractivity contribution in [3.05, 3.63) is 0 Å². The minimum atomic E-state index is -1.56. The highest BCUT2D eigenvalue weighted by molar-refractivity contribution is 5.67. The van der Waals surface area contributed by atoms with Crippen molar-refractivity contribution in [2.24, 2.45) is 0 Å². The van der Waals surface area contributed by atoms with Gasteiger partial charge in [-0.05, 0) is 0 Å². The molecule has 188 valence electrons. The molecule has 0 N–H and O–H groups in total. The molecule has 3 bridgehead atoms. The van der Waals surface area contributed by atoms with E-state index in [-0.39, 0.29) is 6.61 Å². The Kier molecular flexibility index (Phi) is 7.24. The molecule has 0 aliphatic carbocycles. The summed E-state index contributed by atoms with van der Waals surface area (Å²) in [6.07, 6.45) is -9.11. The van der Waals surface area contributed by atoms with Crippen LogP contribution in [0.1, 0.15) is 20.8 Å². The van der Waals surface area contributed by atoms with Crippen LogP contribution < -0.4 is 0 Å². The molecule has 4 heterocycles. The number of ether oxygens (including phenoxy) is 11. The minimum Gasteiger partial charge on any atom is -0.455 e. The average Bonchev–Trinajstić information content (AvgIpc) is 3.08. The number of carbonyl (C=O) groups excluding carboxylic acids is 2. The SMILES string of the molecule is CO[C@H]1O[C@@H]2CO[C@]3(C)O[C@@H]4O[C@H](O[C@H]2[C@H](OC)[C@H]1OC)[C@@H](OC(C)=O)[C@@H](OC(C)=O)[C@@H]4O3. The fourth-order valence-corrected chi connectivity index (χ4v) is 4.58. The Balaban J connectivity index is 1.73. The van der Waals surface area contributed by atoms with E-state index in [0.29, 0.717) is 0 Å². The van der Waals surface area contributed by atoms with Gasteiger partial charge >= 0.3 is 11.9 Å². The van der Waals surface area contributed by atoms with E-state index in [2.05, 4.69) is 0 Å². The van der Waals surface area contributed by atoms with Crippen molar-refractivity contribution < 1.29 is 61.7 Å². The quantitative estimate of drug-likeness (QED) is 0.467. The predicted molar refractivity (Wildman–Crippen MR) is 102 cm³/mol. The molecule has 0 amide bonds. The Bertz CT molecular complexity index is 733. The Morgan fingerprint density at radius 3 is 2.03 bits per heavy atom. The topological polar surface area (TPSA) is 136 Å². The molecule has 0 aromatic rings. The maximum atomic E-state index is 11.9. The summed E-state index contributed by atoms with van der Waals surface area (Å²) in [6, 6.07) is 0. The van der Waals surface area contributed by atoms with Crippen LogP contribution in [0.3, 0.4) is 0 Å². The van der Waals surface area contributed by atoms with Gasteiger partial charge in [-0.15, -0.1) is 0 Å². The second-order valence-electron chi connectivity index (χ2n) is 8.17. The maximum Gasteiger partial charge on any atom is 0.303 e. The summed E-state index contributed by atoms with van der Waals surface area (Å²) in [5.74, 6) is -2.80. The van der Waals surface area contributed by atoms with E-state index in [1.807, 2.05) is 0 Å². The van der Waals surface area contributed by atoms with Crippen LogP contribution >= 0.6 is 0 Å². The first-order valence-electron chi connectivity index (χ1n) is 10.6. The van der Waals surface area contributed by atoms with Gasteiger partial charge in [0.1, 0.15) is 24.4 Å². The van der Waals surface area contributed by atoms with E-state index >= 15 is 0 Å². The molecule has 4 aliphatic heterocycles. The monoisotopic (exact) mass is 478 g/mol. The van der Waals surface area contributed by atoms with Gasteiger partial charge < -0.3 is 47.4 Å². The number of rotatable bonds is 5. The third kappa shape index (κ3) is 4.74. The van der Waals surface area contributed by atoms with E-state index in [0.717, 1.165) is 0 Å². The number of hydrogen-bond donors (Lipinski definition) is 0. The Morgan fingerprint density at radius 2 is 1.42 bits per heavy atom. The van der Waals surface area contributed by atoms with Crippen molar-refractivity contribution in [3.63, 3.8) is 0 Å². The third-order valence-corrected chi connectivity index (χ3v) is 5.91.